The van der Waals surface area contributed by atoms with Gasteiger partial charge in [0.2, 0.25) is 11.8 Å². The SMILES string of the molecule is COCCOc1nc(N)nc2c1ncn2[C@H]1C=C[C@@H](COP(=O)(N[C@@H](C)C(=O)O)Oc2ccccc2)C1. The normalized spacial score (nSPS) is 19.5. The average Bonchev–Trinajstić information content (AvgIpc) is 3.50. The van der Waals surface area contributed by atoms with E-state index in [1.807, 2.05) is 16.7 Å². The molecule has 4 rings (SSSR count). The molecule has 0 aliphatic heterocycles. The summed E-state index contributed by atoms with van der Waals surface area (Å²) in [6.45, 7) is 2.07. The van der Waals surface area contributed by atoms with Gasteiger partial charge >= 0.3 is 13.7 Å². The van der Waals surface area contributed by atoms with E-state index in [1.165, 1.54) is 6.92 Å². The number of rotatable bonds is 13. The maximum atomic E-state index is 13.4. The average molecular weight is 532 g/mol. The molecule has 0 radical (unpaired) electrons. The summed E-state index contributed by atoms with van der Waals surface area (Å²) in [4.78, 5) is 24.2. The summed E-state index contributed by atoms with van der Waals surface area (Å²) >= 11 is 0. The minimum Gasteiger partial charge on any atom is -0.480 e. The van der Waals surface area contributed by atoms with E-state index in [2.05, 4.69) is 20.0 Å². The van der Waals surface area contributed by atoms with Crippen LogP contribution in [0.15, 0.2) is 48.8 Å². The van der Waals surface area contributed by atoms with Gasteiger partial charge in [0, 0.05) is 13.0 Å². The van der Waals surface area contributed by atoms with Crippen molar-refractivity contribution < 1.29 is 33.0 Å². The number of allylic oxidation sites excluding steroid dienone is 1. The van der Waals surface area contributed by atoms with Crippen LogP contribution in [0.2, 0.25) is 0 Å². The van der Waals surface area contributed by atoms with E-state index < -0.39 is 19.8 Å². The highest BCUT2D eigenvalue weighted by Crippen LogP contribution is 2.46. The fourth-order valence-electron chi connectivity index (χ4n) is 3.75. The number of nitrogens with zero attached hydrogens (tertiary/aromatic N) is 4. The van der Waals surface area contributed by atoms with E-state index in [9.17, 15) is 14.5 Å². The molecule has 1 unspecified atom stereocenters. The van der Waals surface area contributed by atoms with Crippen molar-refractivity contribution in [1.29, 1.82) is 0 Å². The standard InChI is InChI=1S/C23H29N6O7P/c1-15(22(30)31)28-37(32,36-18-6-4-3-5-7-18)35-13-16-8-9-17(12-16)29-14-25-19-20(29)26-23(24)27-21(19)34-11-10-33-2/h3-9,14-17H,10-13H2,1-2H3,(H,28,32)(H,30,31)(H2,24,26,27)/t15-,16+,17-,37?/m0/s1. The number of carbonyl (C=O) groups is 1. The Bertz CT molecular complexity index is 1300. The minimum atomic E-state index is -4.00. The van der Waals surface area contributed by atoms with Crippen LogP contribution >= 0.6 is 7.75 Å². The lowest BCUT2D eigenvalue weighted by Gasteiger charge is -2.23. The second kappa shape index (κ2) is 11.7. The zero-order valence-corrected chi connectivity index (χ0v) is 21.3. The third-order valence-corrected chi connectivity index (χ3v) is 7.23. The Morgan fingerprint density at radius 3 is 2.78 bits per heavy atom. The van der Waals surface area contributed by atoms with Crippen molar-refractivity contribution in [2.45, 2.75) is 25.4 Å². The molecular formula is C23H29N6O7P. The van der Waals surface area contributed by atoms with Crippen LogP contribution in [0.25, 0.3) is 11.2 Å². The Hall–Kier alpha value is -3.51. The van der Waals surface area contributed by atoms with Gasteiger partial charge in [0.15, 0.2) is 11.2 Å². The summed E-state index contributed by atoms with van der Waals surface area (Å²) in [7, 11) is -2.42. The van der Waals surface area contributed by atoms with Crippen molar-refractivity contribution in [3.05, 3.63) is 48.8 Å². The van der Waals surface area contributed by atoms with Crippen LogP contribution < -0.4 is 20.1 Å². The second-order valence-electron chi connectivity index (χ2n) is 8.39. The molecule has 0 bridgehead atoms. The molecular weight excluding hydrogens is 503 g/mol. The first-order valence-electron chi connectivity index (χ1n) is 11.6. The van der Waals surface area contributed by atoms with Gasteiger partial charge in [-0.05, 0) is 25.5 Å². The number of nitrogen functional groups attached to an aromatic ring is 1. The van der Waals surface area contributed by atoms with E-state index in [4.69, 9.17) is 24.3 Å². The number of nitrogens with two attached hydrogens (primary N) is 1. The fourth-order valence-corrected chi connectivity index (χ4v) is 5.30. The lowest BCUT2D eigenvalue weighted by atomic mass is 10.1. The highest BCUT2D eigenvalue weighted by Gasteiger charge is 2.33. The number of ether oxygens (including phenoxy) is 2. The van der Waals surface area contributed by atoms with Gasteiger partial charge in [-0.1, -0.05) is 30.4 Å². The molecule has 1 aliphatic carbocycles. The molecule has 0 saturated carbocycles. The van der Waals surface area contributed by atoms with Gasteiger partial charge in [0.05, 0.1) is 25.6 Å². The minimum absolute atomic E-state index is 0.0333. The molecule has 1 aliphatic rings. The Labute approximate surface area is 213 Å². The van der Waals surface area contributed by atoms with Crippen molar-refractivity contribution in [2.24, 2.45) is 5.92 Å². The number of benzene rings is 1. The predicted octanol–water partition coefficient (Wildman–Crippen LogP) is 2.82. The van der Waals surface area contributed by atoms with Crippen LogP contribution in [-0.2, 0) is 18.6 Å². The molecule has 3 aromatic rings. The van der Waals surface area contributed by atoms with Crippen LogP contribution in [0, 0.1) is 5.92 Å². The van der Waals surface area contributed by atoms with E-state index in [1.54, 1.807) is 43.8 Å². The van der Waals surface area contributed by atoms with Crippen LogP contribution in [-0.4, -0.2) is 63.6 Å². The van der Waals surface area contributed by atoms with Crippen LogP contribution in [0.1, 0.15) is 19.4 Å². The maximum Gasteiger partial charge on any atom is 0.459 e. The molecule has 0 amide bonds. The van der Waals surface area contributed by atoms with Gasteiger partial charge in [-0.3, -0.25) is 9.32 Å². The van der Waals surface area contributed by atoms with Gasteiger partial charge < -0.3 is 29.4 Å². The summed E-state index contributed by atoms with van der Waals surface area (Å²) in [6.07, 6.45) is 6.13. The van der Waals surface area contributed by atoms with Crippen LogP contribution in [0.3, 0.4) is 0 Å². The zero-order chi connectivity index (χ0) is 26.4. The first-order chi connectivity index (χ1) is 17.8. The summed E-state index contributed by atoms with van der Waals surface area (Å²) < 4.78 is 37.2. The van der Waals surface area contributed by atoms with Crippen LogP contribution in [0.5, 0.6) is 11.6 Å². The third kappa shape index (κ3) is 6.63. The molecule has 198 valence electrons. The Kier molecular flexibility index (Phi) is 8.39. The van der Waals surface area contributed by atoms with Crippen molar-refractivity contribution in [2.75, 3.05) is 32.7 Å². The number of nitrogens with one attached hydrogen (secondary N) is 1. The number of aromatic nitrogens is 4. The fraction of sp³-hybridized carbons (Fsp3) is 0.391. The smallest absolute Gasteiger partial charge is 0.459 e. The van der Waals surface area contributed by atoms with E-state index in [0.717, 1.165) is 0 Å². The summed E-state index contributed by atoms with van der Waals surface area (Å²) in [5.41, 5.74) is 6.89. The highest BCUT2D eigenvalue weighted by molar-refractivity contribution is 7.52. The number of hydrogen-bond acceptors (Lipinski definition) is 10. The Morgan fingerprint density at radius 1 is 1.27 bits per heavy atom. The molecule has 2 aromatic heterocycles. The molecule has 37 heavy (non-hydrogen) atoms. The number of imidazole rings is 1. The van der Waals surface area contributed by atoms with E-state index in [-0.39, 0.29) is 37.0 Å². The molecule has 13 nitrogen and oxygen atoms in total. The number of anilines is 1. The lowest BCUT2D eigenvalue weighted by molar-refractivity contribution is -0.138. The number of para-hydroxylation sites is 1. The first kappa shape index (κ1) is 26.6. The summed E-state index contributed by atoms with van der Waals surface area (Å²) in [5.74, 6) is -0.686. The predicted molar refractivity (Wildman–Crippen MR) is 134 cm³/mol. The molecule has 0 spiro atoms. The molecule has 4 atom stereocenters. The molecule has 14 heteroatoms. The maximum absolute atomic E-state index is 13.4. The van der Waals surface area contributed by atoms with Gasteiger partial charge in [0.1, 0.15) is 18.4 Å². The molecule has 0 saturated heterocycles. The molecule has 1 aromatic carbocycles. The topological polar surface area (TPSA) is 173 Å². The number of carboxylic acid groups (broad SMARTS) is 1. The lowest BCUT2D eigenvalue weighted by Crippen LogP contribution is -2.33. The third-order valence-electron chi connectivity index (χ3n) is 5.59. The van der Waals surface area contributed by atoms with Gasteiger partial charge in [-0.2, -0.15) is 15.1 Å². The number of methoxy groups -OCH3 is 1. The number of carboxylic acids is 1. The largest absolute Gasteiger partial charge is 0.480 e. The molecule has 0 fully saturated rings. The molecule has 4 N–H and O–H groups in total. The van der Waals surface area contributed by atoms with Gasteiger partial charge in [-0.25, -0.2) is 9.55 Å². The quantitative estimate of drug-likeness (QED) is 0.167. The highest BCUT2D eigenvalue weighted by atomic mass is 31.2. The first-order valence-corrected chi connectivity index (χ1v) is 13.1. The van der Waals surface area contributed by atoms with E-state index in [0.29, 0.717) is 29.9 Å². The van der Waals surface area contributed by atoms with Crippen molar-refractivity contribution in [3.8, 4) is 11.6 Å². The monoisotopic (exact) mass is 532 g/mol. The van der Waals surface area contributed by atoms with Crippen molar-refractivity contribution >= 4 is 30.8 Å². The van der Waals surface area contributed by atoms with E-state index >= 15 is 0 Å². The van der Waals surface area contributed by atoms with Crippen molar-refractivity contribution in [3.63, 3.8) is 0 Å². The Balaban J connectivity index is 1.45. The van der Waals surface area contributed by atoms with Crippen LogP contribution in [0.4, 0.5) is 5.95 Å². The number of hydrogen-bond donors (Lipinski definition) is 3. The van der Waals surface area contributed by atoms with Gasteiger partial charge in [0.25, 0.3) is 0 Å². The molecule has 2 heterocycles. The van der Waals surface area contributed by atoms with Crippen molar-refractivity contribution in [1.82, 2.24) is 24.6 Å². The Morgan fingerprint density at radius 2 is 2.05 bits per heavy atom. The summed E-state index contributed by atoms with van der Waals surface area (Å²) in [6, 6.07) is 7.15. The second-order valence-corrected chi connectivity index (χ2v) is 10.1. The summed E-state index contributed by atoms with van der Waals surface area (Å²) in [5, 5.41) is 11.7. The zero-order valence-electron chi connectivity index (χ0n) is 20.4. The van der Waals surface area contributed by atoms with Gasteiger partial charge in [-0.15, -0.1) is 0 Å². The number of fused-ring (bicyclic) bond motifs is 1. The number of aliphatic carboxylic acids is 1.